The van der Waals surface area contributed by atoms with Crippen LogP contribution in [0.15, 0.2) is 47.1 Å². The van der Waals surface area contributed by atoms with Crippen LogP contribution in [0.25, 0.3) is 6.08 Å². The SMILES string of the molecule is Cc1ccc(OCC(=O)NNC(=S)NC(=O)/C=C/c2ccco2)c(C)c1. The van der Waals surface area contributed by atoms with E-state index in [2.05, 4.69) is 16.2 Å². The number of furan rings is 1. The van der Waals surface area contributed by atoms with Gasteiger partial charge in [0, 0.05) is 6.08 Å². The minimum atomic E-state index is -0.459. The van der Waals surface area contributed by atoms with Gasteiger partial charge in [0.15, 0.2) is 11.7 Å². The number of carbonyl (C=O) groups is 2. The zero-order chi connectivity index (χ0) is 18.9. The van der Waals surface area contributed by atoms with Gasteiger partial charge in [0.2, 0.25) is 5.91 Å². The van der Waals surface area contributed by atoms with Crippen LogP contribution < -0.4 is 20.9 Å². The fraction of sp³-hybridized carbons (Fsp3) is 0.167. The molecule has 136 valence electrons. The van der Waals surface area contributed by atoms with Gasteiger partial charge in [-0.2, -0.15) is 0 Å². The fourth-order valence-electron chi connectivity index (χ4n) is 2.00. The van der Waals surface area contributed by atoms with Crippen LogP contribution in [-0.2, 0) is 9.59 Å². The molecule has 7 nitrogen and oxygen atoms in total. The quantitative estimate of drug-likeness (QED) is 0.422. The van der Waals surface area contributed by atoms with E-state index in [0.29, 0.717) is 11.5 Å². The number of amides is 2. The molecule has 1 heterocycles. The van der Waals surface area contributed by atoms with E-state index in [9.17, 15) is 9.59 Å². The number of thiocarbonyl (C=S) groups is 1. The Morgan fingerprint density at radius 2 is 2.04 bits per heavy atom. The van der Waals surface area contributed by atoms with Crippen LogP contribution in [0.5, 0.6) is 5.75 Å². The van der Waals surface area contributed by atoms with Gasteiger partial charge >= 0.3 is 0 Å². The van der Waals surface area contributed by atoms with Crippen molar-refractivity contribution in [2.45, 2.75) is 13.8 Å². The summed E-state index contributed by atoms with van der Waals surface area (Å²) in [6.45, 7) is 3.69. The highest BCUT2D eigenvalue weighted by atomic mass is 32.1. The number of ether oxygens (including phenoxy) is 1. The van der Waals surface area contributed by atoms with E-state index in [1.807, 2.05) is 32.0 Å². The monoisotopic (exact) mass is 373 g/mol. The second kappa shape index (κ2) is 9.38. The molecule has 8 heteroatoms. The van der Waals surface area contributed by atoms with Crippen molar-refractivity contribution < 1.29 is 18.7 Å². The highest BCUT2D eigenvalue weighted by Crippen LogP contribution is 2.18. The molecule has 0 atom stereocenters. The van der Waals surface area contributed by atoms with Crippen molar-refractivity contribution in [3.63, 3.8) is 0 Å². The third-order valence-corrected chi connectivity index (χ3v) is 3.39. The van der Waals surface area contributed by atoms with Crippen molar-refractivity contribution in [2.24, 2.45) is 0 Å². The standard InChI is InChI=1S/C18H19N3O4S/c1-12-5-7-15(13(2)10-12)25-11-17(23)20-21-18(26)19-16(22)8-6-14-4-3-9-24-14/h3-10H,11H2,1-2H3,(H,20,23)(H2,19,21,22,26)/b8-6+. The van der Waals surface area contributed by atoms with Gasteiger partial charge in [-0.25, -0.2) is 0 Å². The molecule has 0 unspecified atom stereocenters. The predicted molar refractivity (Wildman–Crippen MR) is 101 cm³/mol. The Labute approximate surface area is 156 Å². The molecule has 0 fully saturated rings. The number of benzene rings is 1. The van der Waals surface area contributed by atoms with E-state index in [0.717, 1.165) is 11.1 Å². The lowest BCUT2D eigenvalue weighted by molar-refractivity contribution is -0.123. The molecule has 2 rings (SSSR count). The first kappa shape index (κ1) is 19.2. The molecule has 2 amide bonds. The maximum atomic E-state index is 11.8. The highest BCUT2D eigenvalue weighted by Gasteiger charge is 2.06. The lowest BCUT2D eigenvalue weighted by Gasteiger charge is -2.12. The Kier molecular flexibility index (Phi) is 6.92. The van der Waals surface area contributed by atoms with E-state index >= 15 is 0 Å². The van der Waals surface area contributed by atoms with Crippen LogP contribution in [0.4, 0.5) is 0 Å². The van der Waals surface area contributed by atoms with E-state index < -0.39 is 11.8 Å². The lowest BCUT2D eigenvalue weighted by atomic mass is 10.1. The van der Waals surface area contributed by atoms with Gasteiger partial charge in [-0.05, 0) is 55.9 Å². The van der Waals surface area contributed by atoms with Gasteiger partial charge in [0.25, 0.3) is 5.91 Å². The third-order valence-electron chi connectivity index (χ3n) is 3.18. The van der Waals surface area contributed by atoms with Crippen molar-refractivity contribution in [3.8, 4) is 5.75 Å². The smallest absolute Gasteiger partial charge is 0.276 e. The van der Waals surface area contributed by atoms with E-state index in [4.69, 9.17) is 21.4 Å². The summed E-state index contributed by atoms with van der Waals surface area (Å²) in [7, 11) is 0. The molecule has 3 N–H and O–H groups in total. The molecule has 0 aliphatic carbocycles. The molecule has 26 heavy (non-hydrogen) atoms. The largest absolute Gasteiger partial charge is 0.483 e. The minimum absolute atomic E-state index is 0.0426. The number of hydrogen-bond donors (Lipinski definition) is 3. The number of rotatable bonds is 5. The zero-order valence-corrected chi connectivity index (χ0v) is 15.2. The zero-order valence-electron chi connectivity index (χ0n) is 14.4. The summed E-state index contributed by atoms with van der Waals surface area (Å²) in [6, 6.07) is 9.09. The Morgan fingerprint density at radius 1 is 1.23 bits per heavy atom. The molecule has 0 bridgehead atoms. The average molecular weight is 373 g/mol. The lowest BCUT2D eigenvalue weighted by Crippen LogP contribution is -2.49. The summed E-state index contributed by atoms with van der Waals surface area (Å²) < 4.78 is 10.5. The molecule has 0 spiro atoms. The highest BCUT2D eigenvalue weighted by molar-refractivity contribution is 7.80. The number of aryl methyl sites for hydroxylation is 2. The Hall–Kier alpha value is -3.13. The molecule has 0 saturated carbocycles. The first-order valence-electron chi connectivity index (χ1n) is 7.75. The maximum Gasteiger partial charge on any atom is 0.276 e. The molecule has 2 aromatic rings. The molecule has 1 aromatic carbocycles. The summed E-state index contributed by atoms with van der Waals surface area (Å²) in [5.41, 5.74) is 6.83. The van der Waals surface area contributed by atoms with Crippen LogP contribution in [0.3, 0.4) is 0 Å². The topological polar surface area (TPSA) is 92.6 Å². The normalized spacial score (nSPS) is 10.4. The van der Waals surface area contributed by atoms with Crippen molar-refractivity contribution in [1.82, 2.24) is 16.2 Å². The van der Waals surface area contributed by atoms with Gasteiger partial charge < -0.3 is 9.15 Å². The average Bonchev–Trinajstić information content (AvgIpc) is 3.11. The van der Waals surface area contributed by atoms with Crippen LogP contribution in [0, 0.1) is 13.8 Å². The molecule has 1 aromatic heterocycles. The van der Waals surface area contributed by atoms with Crippen molar-refractivity contribution >= 4 is 35.2 Å². The maximum absolute atomic E-state index is 11.8. The molecule has 0 radical (unpaired) electrons. The van der Waals surface area contributed by atoms with Crippen LogP contribution in [-0.4, -0.2) is 23.5 Å². The molecule has 0 saturated heterocycles. The van der Waals surface area contributed by atoms with Gasteiger partial charge in [-0.1, -0.05) is 17.7 Å². The van der Waals surface area contributed by atoms with E-state index in [1.54, 1.807) is 12.1 Å². The van der Waals surface area contributed by atoms with Crippen molar-refractivity contribution in [3.05, 3.63) is 59.6 Å². The second-order valence-corrected chi connectivity index (χ2v) is 5.81. The Bertz CT molecular complexity index is 816. The van der Waals surface area contributed by atoms with Gasteiger partial charge in [0.05, 0.1) is 6.26 Å². The Morgan fingerprint density at radius 3 is 2.73 bits per heavy atom. The Balaban J connectivity index is 1.69. The molecular formula is C18H19N3O4S. The minimum Gasteiger partial charge on any atom is -0.483 e. The molecule has 0 aliphatic rings. The predicted octanol–water partition coefficient (Wildman–Crippen LogP) is 2.01. The number of carbonyl (C=O) groups excluding carboxylic acids is 2. The van der Waals surface area contributed by atoms with Crippen molar-refractivity contribution in [1.29, 1.82) is 0 Å². The van der Waals surface area contributed by atoms with E-state index in [1.165, 1.54) is 18.4 Å². The van der Waals surface area contributed by atoms with Crippen LogP contribution >= 0.6 is 12.2 Å². The number of hydrogen-bond acceptors (Lipinski definition) is 5. The fourth-order valence-corrected chi connectivity index (χ4v) is 2.15. The van der Waals surface area contributed by atoms with Crippen molar-refractivity contribution in [2.75, 3.05) is 6.61 Å². The summed E-state index contributed by atoms with van der Waals surface area (Å²) in [5, 5.41) is 2.34. The third kappa shape index (κ3) is 6.40. The first-order valence-corrected chi connectivity index (χ1v) is 8.16. The summed E-state index contributed by atoms with van der Waals surface area (Å²) in [4.78, 5) is 23.4. The summed E-state index contributed by atoms with van der Waals surface area (Å²) in [5.74, 6) is 0.271. The summed E-state index contributed by atoms with van der Waals surface area (Å²) in [6.07, 6.45) is 4.26. The number of nitrogens with one attached hydrogen (secondary N) is 3. The van der Waals surface area contributed by atoms with Crippen LogP contribution in [0.2, 0.25) is 0 Å². The van der Waals surface area contributed by atoms with Gasteiger partial charge in [-0.3, -0.25) is 25.8 Å². The molecular weight excluding hydrogens is 354 g/mol. The van der Waals surface area contributed by atoms with Crippen LogP contribution in [0.1, 0.15) is 16.9 Å². The summed E-state index contributed by atoms with van der Waals surface area (Å²) >= 11 is 4.92. The van der Waals surface area contributed by atoms with E-state index in [-0.39, 0.29) is 11.7 Å². The first-order chi connectivity index (χ1) is 12.4. The van der Waals surface area contributed by atoms with Gasteiger partial charge in [-0.15, -0.1) is 0 Å². The molecule has 0 aliphatic heterocycles. The van der Waals surface area contributed by atoms with Gasteiger partial charge in [0.1, 0.15) is 11.5 Å². The second-order valence-electron chi connectivity index (χ2n) is 5.40. The number of hydrazine groups is 1.